The maximum atomic E-state index is 12.6. The number of hydrogen-bond acceptors (Lipinski definition) is 6. The van der Waals surface area contributed by atoms with Crippen molar-refractivity contribution in [2.75, 3.05) is 25.5 Å². The van der Waals surface area contributed by atoms with Gasteiger partial charge in [-0.25, -0.2) is 4.98 Å². The second-order valence-corrected chi connectivity index (χ2v) is 11.2. The molecule has 12 heteroatoms. The summed E-state index contributed by atoms with van der Waals surface area (Å²) in [5, 5.41) is 12.1. The summed E-state index contributed by atoms with van der Waals surface area (Å²) in [4.78, 5) is 28.9. The van der Waals surface area contributed by atoms with Gasteiger partial charge in [-0.3, -0.25) is 9.59 Å². The number of amides is 1. The lowest BCUT2D eigenvalue weighted by Crippen LogP contribution is -2.35. The van der Waals surface area contributed by atoms with Gasteiger partial charge in [-0.15, -0.1) is 13.2 Å². The highest BCUT2D eigenvalue weighted by Gasteiger charge is 2.35. The molecule has 1 aromatic heterocycles. The van der Waals surface area contributed by atoms with Gasteiger partial charge in [0.15, 0.2) is 6.61 Å². The molecule has 0 radical (unpaired) electrons. The predicted octanol–water partition coefficient (Wildman–Crippen LogP) is 5.99. The van der Waals surface area contributed by atoms with Crippen molar-refractivity contribution < 1.29 is 37.3 Å². The van der Waals surface area contributed by atoms with E-state index in [4.69, 9.17) is 14.8 Å². The Bertz CT molecular complexity index is 1370. The second-order valence-electron chi connectivity index (χ2n) is 11.2. The van der Waals surface area contributed by atoms with Gasteiger partial charge in [0.2, 0.25) is 5.95 Å². The van der Waals surface area contributed by atoms with E-state index in [-0.39, 0.29) is 23.8 Å². The molecule has 0 saturated heterocycles. The first kappa shape index (κ1) is 29.0. The summed E-state index contributed by atoms with van der Waals surface area (Å²) in [5.74, 6) is -0.512. The average molecular weight is 563 g/mol. The van der Waals surface area contributed by atoms with Crippen LogP contribution < -0.4 is 14.8 Å². The first-order valence-electron chi connectivity index (χ1n) is 12.9. The first-order chi connectivity index (χ1) is 18.7. The van der Waals surface area contributed by atoms with Gasteiger partial charge >= 0.3 is 12.3 Å². The molecule has 0 unspecified atom stereocenters. The number of carboxylic acid groups (broad SMARTS) is 1. The Morgan fingerprint density at radius 2 is 1.82 bits per heavy atom. The number of carbonyl (C=O) groups is 2. The quantitative estimate of drug-likeness (QED) is 0.330. The first-order valence-corrected chi connectivity index (χ1v) is 12.9. The Balaban J connectivity index is 1.63. The topological polar surface area (TPSA) is 106 Å². The Labute approximate surface area is 229 Å². The van der Waals surface area contributed by atoms with E-state index in [1.54, 1.807) is 12.1 Å². The minimum Gasteiger partial charge on any atom is -0.484 e. The molecular weight excluding hydrogens is 529 g/mol. The summed E-state index contributed by atoms with van der Waals surface area (Å²) < 4.78 is 49.5. The van der Waals surface area contributed by atoms with Crippen LogP contribution in [0.5, 0.6) is 11.5 Å². The Morgan fingerprint density at radius 1 is 1.15 bits per heavy atom. The lowest BCUT2D eigenvalue weighted by molar-refractivity contribution is -0.274. The van der Waals surface area contributed by atoms with Crippen LogP contribution >= 0.6 is 0 Å². The minimum absolute atomic E-state index is 0.109. The molecule has 1 heterocycles. The smallest absolute Gasteiger partial charge is 0.484 e. The number of nitrogens with one attached hydrogen (secondary N) is 1. The number of aromatic nitrogens is 2. The number of fused-ring (bicyclic) bond motifs is 1. The summed E-state index contributed by atoms with van der Waals surface area (Å²) in [6.45, 7) is 5.95. The molecule has 2 aromatic carbocycles. The number of hydrogen-bond donors (Lipinski definition) is 2. The van der Waals surface area contributed by atoms with E-state index < -0.39 is 24.8 Å². The van der Waals surface area contributed by atoms with Gasteiger partial charge < -0.3 is 29.4 Å². The van der Waals surface area contributed by atoms with Crippen molar-refractivity contribution in [3.05, 3.63) is 42.5 Å². The van der Waals surface area contributed by atoms with Crippen molar-refractivity contribution in [3.8, 4) is 11.5 Å². The molecule has 2 atom stereocenters. The molecule has 1 aliphatic rings. The normalized spacial score (nSPS) is 18.8. The van der Waals surface area contributed by atoms with Gasteiger partial charge in [-0.2, -0.15) is 0 Å². The van der Waals surface area contributed by atoms with Crippen LogP contribution in [-0.4, -0.2) is 58.0 Å². The van der Waals surface area contributed by atoms with E-state index in [0.717, 1.165) is 29.7 Å². The number of halogens is 3. The summed E-state index contributed by atoms with van der Waals surface area (Å²) in [6.07, 6.45) is -1.82. The zero-order valence-electron chi connectivity index (χ0n) is 22.8. The van der Waals surface area contributed by atoms with Gasteiger partial charge in [0.1, 0.15) is 18.0 Å². The van der Waals surface area contributed by atoms with Crippen molar-refractivity contribution in [2.24, 2.45) is 11.3 Å². The highest BCUT2D eigenvalue weighted by molar-refractivity contribution is 5.83. The van der Waals surface area contributed by atoms with Crippen molar-refractivity contribution in [2.45, 2.75) is 52.4 Å². The molecule has 216 valence electrons. The monoisotopic (exact) mass is 562 g/mol. The van der Waals surface area contributed by atoms with Crippen LogP contribution in [0, 0.1) is 11.3 Å². The number of carbonyl (C=O) groups excluding carboxylic acids is 1. The van der Waals surface area contributed by atoms with Crippen LogP contribution in [0.3, 0.4) is 0 Å². The number of rotatable bonds is 9. The fourth-order valence-electron chi connectivity index (χ4n) is 5.53. The number of aliphatic carboxylic acids is 1. The largest absolute Gasteiger partial charge is 0.573 e. The molecule has 2 N–H and O–H groups in total. The SMILES string of the molecule is C[C@@H]1C[C@@H](n2c(Nc3ccc(OC(F)(F)F)cc3)nc3cc(OCC(=O)N(C)CC(=O)O)ccc32)CC(C)(C)C1. The van der Waals surface area contributed by atoms with E-state index >= 15 is 0 Å². The Kier molecular flexibility index (Phi) is 8.18. The van der Waals surface area contributed by atoms with Gasteiger partial charge in [-0.05, 0) is 67.0 Å². The summed E-state index contributed by atoms with van der Waals surface area (Å²) in [6, 6.07) is 10.9. The van der Waals surface area contributed by atoms with Crippen LogP contribution in [0.2, 0.25) is 0 Å². The van der Waals surface area contributed by atoms with E-state index in [0.29, 0.717) is 28.8 Å². The lowest BCUT2D eigenvalue weighted by Gasteiger charge is -2.40. The number of ether oxygens (including phenoxy) is 2. The fraction of sp³-hybridized carbons (Fsp3) is 0.464. The van der Waals surface area contributed by atoms with E-state index in [9.17, 15) is 22.8 Å². The molecule has 0 spiro atoms. The Morgan fingerprint density at radius 3 is 2.45 bits per heavy atom. The molecule has 0 bridgehead atoms. The third-order valence-electron chi connectivity index (χ3n) is 6.89. The molecule has 40 heavy (non-hydrogen) atoms. The van der Waals surface area contributed by atoms with Crippen LogP contribution in [0.4, 0.5) is 24.8 Å². The molecule has 1 aliphatic carbocycles. The van der Waals surface area contributed by atoms with Gasteiger partial charge in [0, 0.05) is 24.8 Å². The molecule has 4 rings (SSSR count). The summed E-state index contributed by atoms with van der Waals surface area (Å²) in [7, 11) is 1.39. The number of imidazole rings is 1. The standard InChI is InChI=1S/C28H33F3N4O5/c1-17-11-19(14-27(2,3)13-17)35-23-10-9-21(39-16-24(36)34(4)15-25(37)38)12-22(23)33-26(35)32-18-5-7-20(8-6-18)40-28(29,30)31/h5-10,12,17,19H,11,13-16H2,1-4H3,(H,32,33)(H,37,38)/t17-,19-/m1/s1. The summed E-state index contributed by atoms with van der Waals surface area (Å²) in [5.41, 5.74) is 2.10. The fourth-order valence-corrected chi connectivity index (χ4v) is 5.53. The highest BCUT2D eigenvalue weighted by Crippen LogP contribution is 2.46. The van der Waals surface area contributed by atoms with Crippen LogP contribution in [0.25, 0.3) is 11.0 Å². The zero-order valence-corrected chi connectivity index (χ0v) is 22.8. The van der Waals surface area contributed by atoms with E-state index in [1.807, 2.05) is 6.07 Å². The lowest BCUT2D eigenvalue weighted by atomic mass is 9.70. The maximum absolute atomic E-state index is 12.6. The minimum atomic E-state index is -4.77. The number of nitrogens with zero attached hydrogens (tertiary/aromatic N) is 3. The number of carboxylic acids is 1. The third kappa shape index (κ3) is 7.36. The van der Waals surface area contributed by atoms with Crippen LogP contribution in [0.15, 0.2) is 42.5 Å². The molecule has 0 aliphatic heterocycles. The van der Waals surface area contributed by atoms with Gasteiger partial charge in [0.25, 0.3) is 5.91 Å². The zero-order chi connectivity index (χ0) is 29.2. The van der Waals surface area contributed by atoms with Gasteiger partial charge in [0.05, 0.1) is 11.0 Å². The van der Waals surface area contributed by atoms with Crippen LogP contribution in [-0.2, 0) is 9.59 Å². The predicted molar refractivity (Wildman–Crippen MR) is 143 cm³/mol. The third-order valence-corrected chi connectivity index (χ3v) is 6.89. The summed E-state index contributed by atoms with van der Waals surface area (Å²) >= 11 is 0. The van der Waals surface area contributed by atoms with E-state index in [2.05, 4.69) is 35.4 Å². The average Bonchev–Trinajstić information content (AvgIpc) is 3.18. The Hall–Kier alpha value is -3.96. The second kappa shape index (κ2) is 11.3. The van der Waals surface area contributed by atoms with Crippen molar-refractivity contribution in [1.82, 2.24) is 14.5 Å². The van der Waals surface area contributed by atoms with Crippen molar-refractivity contribution in [3.63, 3.8) is 0 Å². The number of likely N-dealkylation sites (N-methyl/N-ethyl adjacent to an activating group) is 1. The van der Waals surface area contributed by atoms with Crippen molar-refractivity contribution in [1.29, 1.82) is 0 Å². The molecule has 1 amide bonds. The molecule has 1 fully saturated rings. The number of benzene rings is 2. The highest BCUT2D eigenvalue weighted by atomic mass is 19.4. The number of alkyl halides is 3. The maximum Gasteiger partial charge on any atom is 0.573 e. The molecule has 3 aromatic rings. The van der Waals surface area contributed by atoms with Gasteiger partial charge in [-0.1, -0.05) is 20.8 Å². The molecular formula is C28H33F3N4O5. The van der Waals surface area contributed by atoms with Crippen LogP contribution in [0.1, 0.15) is 46.1 Å². The van der Waals surface area contributed by atoms with E-state index in [1.165, 1.54) is 31.3 Å². The molecule has 1 saturated carbocycles. The van der Waals surface area contributed by atoms with Crippen molar-refractivity contribution >= 4 is 34.5 Å². The number of anilines is 2. The molecule has 9 nitrogen and oxygen atoms in total.